The first-order valence-electron chi connectivity index (χ1n) is 7.70. The molecule has 2 heterocycles. The van der Waals surface area contributed by atoms with Crippen LogP contribution in [0.2, 0.25) is 0 Å². The molecule has 0 unspecified atom stereocenters. The van der Waals surface area contributed by atoms with Gasteiger partial charge in [0.25, 0.3) is 0 Å². The molecule has 23 heavy (non-hydrogen) atoms. The van der Waals surface area contributed by atoms with Crippen LogP contribution in [0.1, 0.15) is 22.8 Å². The molecule has 1 aliphatic heterocycles. The second-order valence-electron chi connectivity index (χ2n) is 5.44. The molecule has 0 saturated carbocycles. The summed E-state index contributed by atoms with van der Waals surface area (Å²) in [6.07, 6.45) is 0. The molecule has 120 valence electrons. The van der Waals surface area contributed by atoms with E-state index in [1.165, 1.54) is 0 Å². The average molecular weight is 313 g/mol. The number of carbonyl (C=O) groups is 2. The monoisotopic (exact) mass is 313 g/mol. The number of pyridine rings is 1. The van der Waals surface area contributed by atoms with Crippen molar-refractivity contribution in [3.63, 3.8) is 0 Å². The highest BCUT2D eigenvalue weighted by Crippen LogP contribution is 2.29. The largest absolute Gasteiger partial charge is 0.462 e. The van der Waals surface area contributed by atoms with Crippen molar-refractivity contribution in [3.05, 3.63) is 35.4 Å². The lowest BCUT2D eigenvalue weighted by molar-refractivity contribution is -0.120. The van der Waals surface area contributed by atoms with Crippen molar-refractivity contribution in [3.8, 4) is 0 Å². The van der Waals surface area contributed by atoms with Gasteiger partial charge in [-0.15, -0.1) is 0 Å². The van der Waals surface area contributed by atoms with Gasteiger partial charge in [-0.05, 0) is 25.5 Å². The van der Waals surface area contributed by atoms with Gasteiger partial charge in [0.15, 0.2) is 0 Å². The molecule has 1 saturated heterocycles. The molecule has 1 aromatic carbocycles. The van der Waals surface area contributed by atoms with E-state index in [-0.39, 0.29) is 12.5 Å². The summed E-state index contributed by atoms with van der Waals surface area (Å²) in [5.41, 5.74) is 2.08. The van der Waals surface area contributed by atoms with Gasteiger partial charge in [-0.2, -0.15) is 0 Å². The molecular weight excluding hydrogens is 294 g/mol. The van der Waals surface area contributed by atoms with Crippen LogP contribution in [0.15, 0.2) is 24.3 Å². The Bertz CT molecular complexity index is 773. The third-order valence-corrected chi connectivity index (χ3v) is 3.95. The third-order valence-electron chi connectivity index (χ3n) is 3.95. The molecule has 3 rings (SSSR count). The van der Waals surface area contributed by atoms with Gasteiger partial charge in [-0.1, -0.05) is 18.2 Å². The van der Waals surface area contributed by atoms with Gasteiger partial charge in [0.05, 0.1) is 18.7 Å². The maximum absolute atomic E-state index is 12.5. The van der Waals surface area contributed by atoms with Gasteiger partial charge in [0.2, 0.25) is 5.91 Å². The number of ether oxygens (including phenoxy) is 1. The number of para-hydroxylation sites is 1. The maximum Gasteiger partial charge on any atom is 0.342 e. The van der Waals surface area contributed by atoms with Crippen molar-refractivity contribution in [1.82, 2.24) is 10.3 Å². The first-order chi connectivity index (χ1) is 11.1. The SMILES string of the molecule is CCOC(=O)c1c(N2CCNC(=O)C2)nc2ccccc2c1C. The van der Waals surface area contributed by atoms with Gasteiger partial charge in [0, 0.05) is 18.5 Å². The zero-order chi connectivity index (χ0) is 16.4. The molecule has 2 aromatic rings. The number of fused-ring (bicyclic) bond motifs is 1. The van der Waals surface area contributed by atoms with Crippen LogP contribution in [0.3, 0.4) is 0 Å². The molecule has 0 spiro atoms. The first kappa shape index (κ1) is 15.3. The van der Waals surface area contributed by atoms with E-state index in [0.29, 0.717) is 31.1 Å². The third kappa shape index (κ3) is 2.84. The van der Waals surface area contributed by atoms with E-state index < -0.39 is 5.97 Å². The first-order valence-corrected chi connectivity index (χ1v) is 7.70. The summed E-state index contributed by atoms with van der Waals surface area (Å²) >= 11 is 0. The minimum atomic E-state index is -0.399. The highest BCUT2D eigenvalue weighted by atomic mass is 16.5. The number of nitrogens with zero attached hydrogens (tertiary/aromatic N) is 2. The summed E-state index contributed by atoms with van der Waals surface area (Å²) in [7, 11) is 0. The highest BCUT2D eigenvalue weighted by molar-refractivity contribution is 6.02. The van der Waals surface area contributed by atoms with E-state index >= 15 is 0 Å². The topological polar surface area (TPSA) is 71.5 Å². The van der Waals surface area contributed by atoms with Crippen molar-refractivity contribution >= 4 is 28.6 Å². The second kappa shape index (κ2) is 6.24. The van der Waals surface area contributed by atoms with Crippen molar-refractivity contribution in [2.24, 2.45) is 0 Å². The Balaban J connectivity index is 2.18. The van der Waals surface area contributed by atoms with Crippen LogP contribution < -0.4 is 10.2 Å². The fraction of sp³-hybridized carbons (Fsp3) is 0.353. The van der Waals surface area contributed by atoms with E-state index in [4.69, 9.17) is 4.74 Å². The number of nitrogens with one attached hydrogen (secondary N) is 1. The predicted octanol–water partition coefficient (Wildman–Crippen LogP) is 1.66. The summed E-state index contributed by atoms with van der Waals surface area (Å²) in [6.45, 7) is 5.30. The summed E-state index contributed by atoms with van der Waals surface area (Å²) in [5.74, 6) is 0.0532. The molecular formula is C17H19N3O3. The van der Waals surface area contributed by atoms with Gasteiger partial charge in [0.1, 0.15) is 11.4 Å². The minimum Gasteiger partial charge on any atom is -0.462 e. The Hall–Kier alpha value is -2.63. The smallest absolute Gasteiger partial charge is 0.342 e. The quantitative estimate of drug-likeness (QED) is 0.873. The summed E-state index contributed by atoms with van der Waals surface area (Å²) in [6, 6.07) is 7.67. The van der Waals surface area contributed by atoms with Crippen molar-refractivity contribution in [2.45, 2.75) is 13.8 Å². The molecule has 1 aliphatic rings. The number of amides is 1. The lowest BCUT2D eigenvalue weighted by atomic mass is 10.0. The van der Waals surface area contributed by atoms with Crippen LogP contribution in [0.5, 0.6) is 0 Å². The molecule has 1 N–H and O–H groups in total. The number of hydrogen-bond acceptors (Lipinski definition) is 5. The summed E-state index contributed by atoms with van der Waals surface area (Å²) in [5, 5.41) is 3.70. The standard InChI is InChI=1S/C17H19N3O3/c1-3-23-17(22)15-11(2)12-6-4-5-7-13(12)19-16(15)20-9-8-18-14(21)10-20/h4-7H,3,8-10H2,1-2H3,(H,18,21). The lowest BCUT2D eigenvalue weighted by Gasteiger charge is -2.29. The molecule has 6 heteroatoms. The lowest BCUT2D eigenvalue weighted by Crippen LogP contribution is -2.48. The van der Waals surface area contributed by atoms with Gasteiger partial charge in [-0.3, -0.25) is 4.79 Å². The summed E-state index contributed by atoms with van der Waals surface area (Å²) < 4.78 is 5.21. The van der Waals surface area contributed by atoms with Crippen LogP contribution in [0, 0.1) is 6.92 Å². The van der Waals surface area contributed by atoms with Gasteiger partial charge >= 0.3 is 5.97 Å². The molecule has 6 nitrogen and oxygen atoms in total. The maximum atomic E-state index is 12.5. The number of hydrogen-bond donors (Lipinski definition) is 1. The Morgan fingerprint density at radius 3 is 2.91 bits per heavy atom. The Morgan fingerprint density at radius 2 is 2.17 bits per heavy atom. The normalized spacial score (nSPS) is 14.7. The number of esters is 1. The molecule has 0 radical (unpaired) electrons. The van der Waals surface area contributed by atoms with E-state index in [2.05, 4.69) is 10.3 Å². The fourth-order valence-corrected chi connectivity index (χ4v) is 2.86. The second-order valence-corrected chi connectivity index (χ2v) is 5.44. The number of rotatable bonds is 3. The van der Waals surface area contributed by atoms with E-state index in [0.717, 1.165) is 16.5 Å². The molecule has 0 aliphatic carbocycles. The zero-order valence-corrected chi connectivity index (χ0v) is 13.3. The average Bonchev–Trinajstić information content (AvgIpc) is 2.55. The van der Waals surface area contributed by atoms with Crippen LogP contribution in [0.4, 0.5) is 5.82 Å². The minimum absolute atomic E-state index is 0.0707. The number of aryl methyl sites for hydroxylation is 1. The van der Waals surface area contributed by atoms with Crippen molar-refractivity contribution in [1.29, 1.82) is 0 Å². The van der Waals surface area contributed by atoms with E-state index in [1.54, 1.807) is 6.92 Å². The number of benzene rings is 1. The van der Waals surface area contributed by atoms with Gasteiger partial charge in [-0.25, -0.2) is 9.78 Å². The number of aromatic nitrogens is 1. The molecule has 0 bridgehead atoms. The van der Waals surface area contributed by atoms with E-state index in [1.807, 2.05) is 36.1 Å². The van der Waals surface area contributed by atoms with Crippen LogP contribution in [0.25, 0.3) is 10.9 Å². The zero-order valence-electron chi connectivity index (χ0n) is 13.3. The highest BCUT2D eigenvalue weighted by Gasteiger charge is 2.26. The van der Waals surface area contributed by atoms with Crippen LogP contribution in [-0.4, -0.2) is 43.1 Å². The van der Waals surface area contributed by atoms with Gasteiger partial charge < -0.3 is 15.0 Å². The molecule has 0 atom stereocenters. The number of piperazine rings is 1. The van der Waals surface area contributed by atoms with Crippen molar-refractivity contribution < 1.29 is 14.3 Å². The van der Waals surface area contributed by atoms with Crippen LogP contribution >= 0.6 is 0 Å². The fourth-order valence-electron chi connectivity index (χ4n) is 2.86. The Labute approximate surface area is 134 Å². The molecule has 1 amide bonds. The molecule has 1 aromatic heterocycles. The predicted molar refractivity (Wildman–Crippen MR) is 87.7 cm³/mol. The van der Waals surface area contributed by atoms with E-state index in [9.17, 15) is 9.59 Å². The van der Waals surface area contributed by atoms with Crippen molar-refractivity contribution in [2.75, 3.05) is 31.1 Å². The van der Waals surface area contributed by atoms with Crippen LogP contribution in [-0.2, 0) is 9.53 Å². The Morgan fingerprint density at radius 1 is 1.39 bits per heavy atom. The molecule has 1 fully saturated rings. The number of carbonyl (C=O) groups excluding carboxylic acids is 2. The summed E-state index contributed by atoms with van der Waals surface area (Å²) in [4.78, 5) is 30.7. The Kier molecular flexibility index (Phi) is 4.14. The number of anilines is 1.